The molecule has 0 spiro atoms. The number of aromatic nitrogens is 5. The number of ketones is 1. The summed E-state index contributed by atoms with van der Waals surface area (Å²) in [6.45, 7) is 2.28. The number of halogens is 1. The van der Waals surface area contributed by atoms with Crippen molar-refractivity contribution in [1.82, 2.24) is 25.0 Å². The van der Waals surface area contributed by atoms with Crippen LogP contribution in [0.5, 0.6) is 11.5 Å². The van der Waals surface area contributed by atoms with Gasteiger partial charge in [0, 0.05) is 29.3 Å². The number of Topliss-reactive ketones (excluding diaryl/α,β-unsaturated/α-hetero) is 1. The highest BCUT2D eigenvalue weighted by Crippen LogP contribution is 2.52. The fraction of sp³-hybridized carbons (Fsp3) is 0.323. The molecule has 11 heteroatoms. The van der Waals surface area contributed by atoms with E-state index in [0.29, 0.717) is 34.0 Å². The maximum Gasteiger partial charge on any atom is 0.163 e. The van der Waals surface area contributed by atoms with Gasteiger partial charge in [0.05, 0.1) is 29.2 Å². The molecule has 0 unspecified atom stereocenters. The first-order valence-corrected chi connectivity index (χ1v) is 14.7. The van der Waals surface area contributed by atoms with Gasteiger partial charge in [-0.2, -0.15) is 0 Å². The molecule has 2 aliphatic rings. The van der Waals surface area contributed by atoms with Gasteiger partial charge in [0.2, 0.25) is 0 Å². The minimum Gasteiger partial charge on any atom is -0.494 e. The van der Waals surface area contributed by atoms with Crippen molar-refractivity contribution in [3.05, 3.63) is 83.0 Å². The van der Waals surface area contributed by atoms with E-state index in [1.807, 2.05) is 19.1 Å². The lowest BCUT2D eigenvalue weighted by Gasteiger charge is -2.30. The number of benzene rings is 2. The fourth-order valence-electron chi connectivity index (χ4n) is 5.86. The number of nitrogens with zero attached hydrogens (tertiary/aromatic N) is 5. The minimum atomic E-state index is -1.36. The van der Waals surface area contributed by atoms with E-state index in [9.17, 15) is 14.3 Å². The summed E-state index contributed by atoms with van der Waals surface area (Å²) in [5.41, 5.74) is 3.33. The normalized spacial score (nSPS) is 19.3. The lowest BCUT2D eigenvalue weighted by atomic mass is 9.83. The summed E-state index contributed by atoms with van der Waals surface area (Å²) in [4.78, 5) is 22.8. The molecule has 0 amide bonds. The van der Waals surface area contributed by atoms with Crippen LogP contribution in [0.1, 0.15) is 54.2 Å². The molecule has 0 bridgehead atoms. The molecule has 0 radical (unpaired) electrons. The summed E-state index contributed by atoms with van der Waals surface area (Å²) in [7, 11) is 1.56. The number of aliphatic hydroxyl groups is 1. The summed E-state index contributed by atoms with van der Waals surface area (Å²) in [5, 5.41) is 20.6. The molecule has 1 saturated carbocycles. The number of methoxy groups -OCH3 is 1. The van der Waals surface area contributed by atoms with Crippen molar-refractivity contribution in [2.45, 2.75) is 43.7 Å². The molecule has 214 valence electrons. The zero-order chi connectivity index (χ0) is 29.1. The Kier molecular flexibility index (Phi) is 6.32. The van der Waals surface area contributed by atoms with Crippen LogP contribution in [0.25, 0.3) is 21.5 Å². The van der Waals surface area contributed by atoms with Crippen molar-refractivity contribution in [3.63, 3.8) is 0 Å². The molecule has 5 aromatic rings. The molecular formula is C31H28FN5O4S. The van der Waals surface area contributed by atoms with Crippen molar-refractivity contribution >= 4 is 27.3 Å². The molecular weight excluding hydrogens is 557 g/mol. The summed E-state index contributed by atoms with van der Waals surface area (Å²) in [5.74, 6) is 0.601. The van der Waals surface area contributed by atoms with Crippen molar-refractivity contribution in [1.29, 1.82) is 0 Å². The highest BCUT2D eigenvalue weighted by atomic mass is 32.1. The Balaban J connectivity index is 1.29. The second-order valence-electron chi connectivity index (χ2n) is 11.1. The number of thiazole rings is 1. The monoisotopic (exact) mass is 585 g/mol. The highest BCUT2D eigenvalue weighted by Gasteiger charge is 2.49. The lowest BCUT2D eigenvalue weighted by molar-refractivity contribution is -0.00118. The molecule has 3 aromatic heterocycles. The molecule has 7 rings (SSSR count). The molecule has 1 N–H and O–H groups in total. The van der Waals surface area contributed by atoms with Gasteiger partial charge >= 0.3 is 0 Å². The number of carbonyl (C=O) groups is 1. The van der Waals surface area contributed by atoms with Gasteiger partial charge in [0.15, 0.2) is 11.5 Å². The van der Waals surface area contributed by atoms with E-state index in [1.165, 1.54) is 23.5 Å². The quantitative estimate of drug-likeness (QED) is 0.225. The summed E-state index contributed by atoms with van der Waals surface area (Å²) < 4.78 is 28.1. The smallest absolute Gasteiger partial charge is 0.163 e. The third kappa shape index (κ3) is 4.35. The van der Waals surface area contributed by atoms with Gasteiger partial charge in [0.1, 0.15) is 40.5 Å². The Morgan fingerprint density at radius 3 is 2.79 bits per heavy atom. The minimum absolute atomic E-state index is 0.0459. The number of ether oxygens (including phenoxy) is 2. The second-order valence-corrected chi connectivity index (χ2v) is 12.0. The molecule has 4 heterocycles. The standard InChI is InChI=1S/C31H28FN5O4S/c1-30(37-12-11-34-36-37)16-41-29-22(30)15-26(35-27(29)18-3-7-21(32)8-4-18)31(39,20-5-6-20)10-9-23(38)19-13-24(40-2)28-25(14-19)42-17-33-28/h3-4,7-8,11-15,17,20,39H,5-6,9-10,16H2,1-2H3/t30-,31+/m0/s1. The van der Waals surface area contributed by atoms with Crippen molar-refractivity contribution in [2.24, 2.45) is 5.92 Å². The second kappa shape index (κ2) is 9.95. The summed E-state index contributed by atoms with van der Waals surface area (Å²) in [6, 6.07) is 11.5. The zero-order valence-corrected chi connectivity index (χ0v) is 23.9. The number of hydrogen-bond acceptors (Lipinski definition) is 9. The third-order valence-electron chi connectivity index (χ3n) is 8.47. The SMILES string of the molecule is COc1cc(C(=O)CC[C@](O)(c2cc3c(c(-c4ccc(F)cc4)n2)OC[C@]3(C)n2ccnn2)C2CC2)cc2scnc12. The van der Waals surface area contributed by atoms with E-state index in [1.54, 1.807) is 47.9 Å². The van der Waals surface area contributed by atoms with Gasteiger partial charge in [-0.25, -0.2) is 19.0 Å². The van der Waals surface area contributed by atoms with Gasteiger partial charge in [-0.3, -0.25) is 4.79 Å². The summed E-state index contributed by atoms with van der Waals surface area (Å²) >= 11 is 1.44. The van der Waals surface area contributed by atoms with Crippen LogP contribution in [-0.4, -0.2) is 49.6 Å². The van der Waals surface area contributed by atoms with E-state index < -0.39 is 11.1 Å². The zero-order valence-electron chi connectivity index (χ0n) is 23.1. The van der Waals surface area contributed by atoms with Crippen LogP contribution in [0.2, 0.25) is 0 Å². The van der Waals surface area contributed by atoms with Crippen LogP contribution < -0.4 is 9.47 Å². The molecule has 9 nitrogen and oxygen atoms in total. The maximum absolute atomic E-state index is 13.8. The molecule has 1 aliphatic carbocycles. The number of pyridine rings is 1. The van der Waals surface area contributed by atoms with Crippen LogP contribution in [0.4, 0.5) is 4.39 Å². The Bertz CT molecular complexity index is 1800. The number of hydrogen-bond donors (Lipinski definition) is 1. The molecule has 1 fully saturated rings. The van der Waals surface area contributed by atoms with E-state index in [-0.39, 0.29) is 37.0 Å². The van der Waals surface area contributed by atoms with E-state index >= 15 is 0 Å². The first kappa shape index (κ1) is 26.7. The van der Waals surface area contributed by atoms with Gasteiger partial charge in [-0.05, 0) is 74.6 Å². The molecule has 2 aromatic carbocycles. The number of rotatable bonds is 9. The highest BCUT2D eigenvalue weighted by molar-refractivity contribution is 7.16. The molecule has 42 heavy (non-hydrogen) atoms. The van der Waals surface area contributed by atoms with Gasteiger partial charge in [-0.15, -0.1) is 16.4 Å². The van der Waals surface area contributed by atoms with Gasteiger partial charge in [0.25, 0.3) is 0 Å². The van der Waals surface area contributed by atoms with Crippen LogP contribution in [0, 0.1) is 11.7 Å². The lowest BCUT2D eigenvalue weighted by Crippen LogP contribution is -2.35. The Hall–Kier alpha value is -4.22. The van der Waals surface area contributed by atoms with E-state index in [4.69, 9.17) is 14.5 Å². The van der Waals surface area contributed by atoms with Crippen LogP contribution in [0.15, 0.2) is 60.4 Å². The van der Waals surface area contributed by atoms with Gasteiger partial charge in [-0.1, -0.05) is 5.21 Å². The molecule has 2 atom stereocenters. The van der Waals surface area contributed by atoms with Crippen molar-refractivity contribution < 1.29 is 23.8 Å². The number of fused-ring (bicyclic) bond motifs is 2. The topological polar surface area (TPSA) is 112 Å². The predicted octanol–water partition coefficient (Wildman–Crippen LogP) is 5.51. The Morgan fingerprint density at radius 2 is 2.07 bits per heavy atom. The van der Waals surface area contributed by atoms with Gasteiger partial charge < -0.3 is 14.6 Å². The van der Waals surface area contributed by atoms with Crippen LogP contribution in [0.3, 0.4) is 0 Å². The van der Waals surface area contributed by atoms with Crippen LogP contribution >= 0.6 is 11.3 Å². The average Bonchev–Trinajstić information content (AvgIpc) is 3.37. The number of carbonyl (C=O) groups excluding carboxylic acids is 1. The Labute approximate surface area is 245 Å². The van der Waals surface area contributed by atoms with Crippen LogP contribution in [-0.2, 0) is 11.1 Å². The van der Waals surface area contributed by atoms with E-state index in [2.05, 4.69) is 15.3 Å². The summed E-state index contributed by atoms with van der Waals surface area (Å²) in [6.07, 6.45) is 5.34. The maximum atomic E-state index is 13.8. The first-order valence-electron chi connectivity index (χ1n) is 13.8. The molecule has 0 saturated heterocycles. The molecule has 1 aliphatic heterocycles. The van der Waals surface area contributed by atoms with E-state index in [0.717, 1.165) is 28.6 Å². The van der Waals surface area contributed by atoms with Crippen molar-refractivity contribution in [3.8, 4) is 22.8 Å². The fourth-order valence-corrected chi connectivity index (χ4v) is 6.59. The largest absolute Gasteiger partial charge is 0.494 e. The Morgan fingerprint density at radius 1 is 1.26 bits per heavy atom. The third-order valence-corrected chi connectivity index (χ3v) is 9.25. The predicted molar refractivity (Wildman–Crippen MR) is 154 cm³/mol. The first-order chi connectivity index (χ1) is 20.3. The average molecular weight is 586 g/mol. The van der Waals surface area contributed by atoms with Crippen molar-refractivity contribution in [2.75, 3.05) is 13.7 Å².